The highest BCUT2D eigenvalue weighted by Gasteiger charge is 2.19. The van der Waals surface area contributed by atoms with Crippen molar-refractivity contribution in [1.29, 1.82) is 0 Å². The molecule has 0 saturated heterocycles. The number of fused-ring (bicyclic) bond motifs is 1. The standard InChI is InChI=1S/C15H13N3O2S/c1-18-8-10(5-6-13(18)19)14-16-17-15(20-14)12-7-9-3-2-4-11(9)21-12/h5-8H,2-4H2,1H3. The summed E-state index contributed by atoms with van der Waals surface area (Å²) in [6, 6.07) is 5.36. The normalized spacial score (nSPS) is 13.6. The number of pyridine rings is 1. The van der Waals surface area contributed by atoms with E-state index in [4.69, 9.17) is 4.42 Å². The van der Waals surface area contributed by atoms with E-state index >= 15 is 0 Å². The Morgan fingerprint density at radius 3 is 2.90 bits per heavy atom. The molecule has 1 aliphatic carbocycles. The SMILES string of the molecule is Cn1cc(-c2nnc(-c3cc4c(s3)CCC4)o2)ccc1=O. The third-order valence-corrected chi connectivity index (χ3v) is 4.94. The molecule has 0 amide bonds. The molecule has 3 aromatic heterocycles. The predicted octanol–water partition coefficient (Wildman–Crippen LogP) is 2.65. The maximum absolute atomic E-state index is 11.4. The monoisotopic (exact) mass is 299 g/mol. The third-order valence-electron chi connectivity index (χ3n) is 3.72. The smallest absolute Gasteiger partial charge is 0.258 e. The summed E-state index contributed by atoms with van der Waals surface area (Å²) in [5.74, 6) is 0.993. The van der Waals surface area contributed by atoms with Gasteiger partial charge in [-0.3, -0.25) is 4.79 Å². The molecule has 0 N–H and O–H groups in total. The average molecular weight is 299 g/mol. The van der Waals surface area contributed by atoms with Crippen molar-refractivity contribution in [1.82, 2.24) is 14.8 Å². The van der Waals surface area contributed by atoms with E-state index < -0.39 is 0 Å². The second-order valence-electron chi connectivity index (χ2n) is 5.19. The third kappa shape index (κ3) is 2.12. The largest absolute Gasteiger partial charge is 0.415 e. The second kappa shape index (κ2) is 4.66. The summed E-state index contributed by atoms with van der Waals surface area (Å²) in [4.78, 5) is 13.9. The first kappa shape index (κ1) is 12.5. The van der Waals surface area contributed by atoms with Gasteiger partial charge in [-0.1, -0.05) is 0 Å². The lowest BCUT2D eigenvalue weighted by atomic mass is 10.2. The minimum atomic E-state index is -0.0619. The van der Waals surface area contributed by atoms with Crippen molar-refractivity contribution in [2.45, 2.75) is 19.3 Å². The highest BCUT2D eigenvalue weighted by molar-refractivity contribution is 7.15. The number of thiophene rings is 1. The first-order chi connectivity index (χ1) is 10.2. The number of rotatable bonds is 2. The van der Waals surface area contributed by atoms with Crippen molar-refractivity contribution in [3.8, 4) is 22.2 Å². The highest BCUT2D eigenvalue weighted by Crippen LogP contribution is 2.36. The van der Waals surface area contributed by atoms with E-state index in [2.05, 4.69) is 16.3 Å². The molecule has 106 valence electrons. The lowest BCUT2D eigenvalue weighted by Crippen LogP contribution is -2.13. The van der Waals surface area contributed by atoms with Crippen LogP contribution < -0.4 is 5.56 Å². The van der Waals surface area contributed by atoms with Gasteiger partial charge in [0, 0.05) is 24.2 Å². The van der Waals surface area contributed by atoms with Crippen LogP contribution in [-0.4, -0.2) is 14.8 Å². The molecular weight excluding hydrogens is 286 g/mol. The van der Waals surface area contributed by atoms with Crippen LogP contribution in [-0.2, 0) is 19.9 Å². The maximum atomic E-state index is 11.4. The van der Waals surface area contributed by atoms with Crippen LogP contribution in [0.5, 0.6) is 0 Å². The van der Waals surface area contributed by atoms with Gasteiger partial charge in [-0.2, -0.15) is 0 Å². The van der Waals surface area contributed by atoms with E-state index in [-0.39, 0.29) is 5.56 Å². The van der Waals surface area contributed by atoms with Crippen molar-refractivity contribution >= 4 is 11.3 Å². The van der Waals surface area contributed by atoms with Crippen LogP contribution in [0, 0.1) is 0 Å². The van der Waals surface area contributed by atoms with Crippen LogP contribution in [0.4, 0.5) is 0 Å². The van der Waals surface area contributed by atoms with Crippen molar-refractivity contribution in [2.75, 3.05) is 0 Å². The number of aromatic nitrogens is 3. The lowest BCUT2D eigenvalue weighted by Gasteiger charge is -1.98. The Balaban J connectivity index is 1.71. The van der Waals surface area contributed by atoms with Crippen LogP contribution in [0.3, 0.4) is 0 Å². The Morgan fingerprint density at radius 2 is 2.10 bits per heavy atom. The van der Waals surface area contributed by atoms with Gasteiger partial charge in [0.25, 0.3) is 5.89 Å². The Hall–Kier alpha value is -2.21. The van der Waals surface area contributed by atoms with Gasteiger partial charge in [0.2, 0.25) is 11.4 Å². The zero-order valence-corrected chi connectivity index (χ0v) is 12.3. The summed E-state index contributed by atoms with van der Waals surface area (Å²) in [5.41, 5.74) is 2.10. The zero-order valence-electron chi connectivity index (χ0n) is 11.5. The Morgan fingerprint density at radius 1 is 1.24 bits per heavy atom. The number of nitrogens with zero attached hydrogens (tertiary/aromatic N) is 3. The second-order valence-corrected chi connectivity index (χ2v) is 6.33. The molecule has 0 unspecified atom stereocenters. The Kier molecular flexibility index (Phi) is 2.78. The van der Waals surface area contributed by atoms with Crippen molar-refractivity contribution in [3.05, 3.63) is 45.2 Å². The first-order valence-corrected chi connectivity index (χ1v) is 7.65. The molecule has 21 heavy (non-hydrogen) atoms. The fourth-order valence-corrected chi connectivity index (χ4v) is 3.77. The van der Waals surface area contributed by atoms with Gasteiger partial charge in [0.05, 0.1) is 10.4 Å². The van der Waals surface area contributed by atoms with Crippen molar-refractivity contribution in [2.24, 2.45) is 7.05 Å². The zero-order chi connectivity index (χ0) is 14.4. The topological polar surface area (TPSA) is 60.9 Å². The average Bonchev–Trinajstić information content (AvgIpc) is 3.14. The van der Waals surface area contributed by atoms with E-state index in [9.17, 15) is 4.79 Å². The summed E-state index contributed by atoms with van der Waals surface area (Å²) < 4.78 is 7.26. The number of hydrogen-bond acceptors (Lipinski definition) is 5. The fourth-order valence-electron chi connectivity index (χ4n) is 2.59. The van der Waals surface area contributed by atoms with Gasteiger partial charge in [0.1, 0.15) is 0 Å². The van der Waals surface area contributed by atoms with Gasteiger partial charge < -0.3 is 8.98 Å². The van der Waals surface area contributed by atoms with E-state index in [1.807, 2.05) is 0 Å². The summed E-state index contributed by atoms with van der Waals surface area (Å²) >= 11 is 1.74. The van der Waals surface area contributed by atoms with Gasteiger partial charge in [-0.25, -0.2) is 0 Å². The Bertz CT molecular complexity index is 854. The van der Waals surface area contributed by atoms with Crippen LogP contribution in [0.15, 0.2) is 33.6 Å². The quantitative estimate of drug-likeness (QED) is 0.730. The van der Waals surface area contributed by atoms with Gasteiger partial charge in [-0.15, -0.1) is 21.5 Å². The molecule has 0 aromatic carbocycles. The predicted molar refractivity (Wildman–Crippen MR) is 80.3 cm³/mol. The van der Waals surface area contributed by atoms with E-state index in [0.717, 1.165) is 23.3 Å². The minimum absolute atomic E-state index is 0.0619. The van der Waals surface area contributed by atoms with Gasteiger partial charge in [0.15, 0.2) is 0 Å². The first-order valence-electron chi connectivity index (χ1n) is 6.83. The molecule has 6 heteroatoms. The molecule has 3 heterocycles. The van der Waals surface area contributed by atoms with Gasteiger partial charge >= 0.3 is 0 Å². The van der Waals surface area contributed by atoms with E-state index in [1.165, 1.54) is 27.5 Å². The van der Waals surface area contributed by atoms with Crippen molar-refractivity contribution in [3.63, 3.8) is 0 Å². The van der Waals surface area contributed by atoms with Crippen LogP contribution >= 0.6 is 11.3 Å². The van der Waals surface area contributed by atoms with E-state index in [1.54, 1.807) is 30.6 Å². The summed E-state index contributed by atoms with van der Waals surface area (Å²) in [6.45, 7) is 0. The molecular formula is C15H13N3O2S. The molecule has 0 radical (unpaired) electrons. The summed E-state index contributed by atoms with van der Waals surface area (Å²) in [6.07, 6.45) is 5.25. The summed E-state index contributed by atoms with van der Waals surface area (Å²) in [7, 11) is 1.70. The lowest BCUT2D eigenvalue weighted by molar-refractivity contribution is 0.585. The molecule has 0 aliphatic heterocycles. The minimum Gasteiger partial charge on any atom is -0.415 e. The molecule has 0 spiro atoms. The van der Waals surface area contributed by atoms with Crippen LogP contribution in [0.2, 0.25) is 0 Å². The molecule has 1 aliphatic rings. The van der Waals surface area contributed by atoms with Crippen molar-refractivity contribution < 1.29 is 4.42 Å². The van der Waals surface area contributed by atoms with Gasteiger partial charge in [-0.05, 0) is 37.0 Å². The Labute approximate surface area is 124 Å². The maximum Gasteiger partial charge on any atom is 0.258 e. The molecule has 5 nitrogen and oxygen atoms in total. The molecule has 0 fully saturated rings. The fraction of sp³-hybridized carbons (Fsp3) is 0.267. The molecule has 3 aromatic rings. The summed E-state index contributed by atoms with van der Waals surface area (Å²) in [5, 5.41) is 8.23. The number of hydrogen-bond donors (Lipinski definition) is 0. The van der Waals surface area contributed by atoms with E-state index in [0.29, 0.717) is 11.8 Å². The van der Waals surface area contributed by atoms with Crippen LogP contribution in [0.25, 0.3) is 22.2 Å². The molecule has 0 bridgehead atoms. The molecule has 0 saturated carbocycles. The number of aryl methyl sites for hydroxylation is 3. The highest BCUT2D eigenvalue weighted by atomic mass is 32.1. The van der Waals surface area contributed by atoms with Crippen LogP contribution in [0.1, 0.15) is 16.9 Å². The molecule has 4 rings (SSSR count). The molecule has 0 atom stereocenters.